The van der Waals surface area contributed by atoms with Crippen molar-refractivity contribution < 1.29 is 31.6 Å². The Labute approximate surface area is 147 Å². The van der Waals surface area contributed by atoms with Gasteiger partial charge in [-0.25, -0.2) is 13.9 Å². The van der Waals surface area contributed by atoms with Gasteiger partial charge in [0.25, 0.3) is 15.9 Å². The molecule has 138 valence electrons. The highest BCUT2D eigenvalue weighted by Gasteiger charge is 2.31. The van der Waals surface area contributed by atoms with Crippen LogP contribution in [0, 0.1) is 0 Å². The van der Waals surface area contributed by atoms with Crippen LogP contribution in [0.25, 0.3) is 6.08 Å². The van der Waals surface area contributed by atoms with E-state index < -0.39 is 32.6 Å². The molecule has 0 spiro atoms. The Morgan fingerprint density at radius 2 is 1.77 bits per heavy atom. The number of carbonyl (C=O) groups excluding carboxylic acids is 1. The maximum atomic E-state index is 12.8. The monoisotopic (exact) mass is 386 g/mol. The molecule has 0 radical (unpaired) electrons. The number of rotatable bonds is 5. The summed E-state index contributed by atoms with van der Waals surface area (Å²) in [6.07, 6.45) is -2.49. The Kier molecular flexibility index (Phi) is 5.68. The minimum absolute atomic E-state index is 0.0481. The van der Waals surface area contributed by atoms with Crippen LogP contribution in [-0.2, 0) is 21.0 Å². The highest BCUT2D eigenvalue weighted by Crippen LogP contribution is 2.31. The van der Waals surface area contributed by atoms with Crippen LogP contribution in [0.4, 0.5) is 18.9 Å². The van der Waals surface area contributed by atoms with Crippen LogP contribution in [-0.4, -0.2) is 19.5 Å². The summed E-state index contributed by atoms with van der Waals surface area (Å²) < 4.78 is 65.3. The van der Waals surface area contributed by atoms with E-state index in [0.29, 0.717) is 6.07 Å². The summed E-state index contributed by atoms with van der Waals surface area (Å²) >= 11 is 0. The Bertz CT molecular complexity index is 941. The standard InChI is InChI=1S/C16H13F3N2O4S/c17-16(18,19)12-5-3-6-13(10-12)26(24,25)21-14-7-2-1-4-11(14)8-9-15(22)20-23/h1-10,21,23H,(H,20,22). The van der Waals surface area contributed by atoms with Crippen LogP contribution in [0.2, 0.25) is 0 Å². The second-order valence-electron chi connectivity index (χ2n) is 5.03. The number of carbonyl (C=O) groups is 1. The Hall–Kier alpha value is -2.85. The molecular weight excluding hydrogens is 373 g/mol. The van der Waals surface area contributed by atoms with Crippen molar-refractivity contribution in [1.29, 1.82) is 0 Å². The zero-order valence-electron chi connectivity index (χ0n) is 13.0. The minimum Gasteiger partial charge on any atom is -0.288 e. The summed E-state index contributed by atoms with van der Waals surface area (Å²) in [5, 5.41) is 8.45. The molecule has 2 rings (SSSR count). The second kappa shape index (κ2) is 7.58. The largest absolute Gasteiger partial charge is 0.416 e. The fourth-order valence-electron chi connectivity index (χ4n) is 1.98. The summed E-state index contributed by atoms with van der Waals surface area (Å²) in [6, 6.07) is 9.26. The molecule has 3 N–H and O–H groups in total. The summed E-state index contributed by atoms with van der Waals surface area (Å²) in [5.74, 6) is -0.833. The Morgan fingerprint density at radius 1 is 1.08 bits per heavy atom. The van der Waals surface area contributed by atoms with Gasteiger partial charge in [-0.05, 0) is 35.9 Å². The number of sulfonamides is 1. The molecule has 0 saturated heterocycles. The number of hydroxylamine groups is 1. The fourth-order valence-corrected chi connectivity index (χ4v) is 3.11. The molecule has 0 saturated carbocycles. The van der Waals surface area contributed by atoms with E-state index in [1.807, 2.05) is 0 Å². The Balaban J connectivity index is 2.36. The van der Waals surface area contributed by atoms with Gasteiger partial charge in [0, 0.05) is 6.08 Å². The third-order valence-corrected chi connectivity index (χ3v) is 4.56. The highest BCUT2D eigenvalue weighted by atomic mass is 32.2. The second-order valence-corrected chi connectivity index (χ2v) is 6.71. The lowest BCUT2D eigenvalue weighted by Gasteiger charge is -2.12. The average molecular weight is 386 g/mol. The van der Waals surface area contributed by atoms with Crippen molar-refractivity contribution in [2.75, 3.05) is 4.72 Å². The first-order valence-corrected chi connectivity index (χ1v) is 8.53. The van der Waals surface area contributed by atoms with Crippen molar-refractivity contribution in [2.24, 2.45) is 0 Å². The molecule has 1 amide bonds. The van der Waals surface area contributed by atoms with Gasteiger partial charge >= 0.3 is 6.18 Å². The summed E-state index contributed by atoms with van der Waals surface area (Å²) in [6.45, 7) is 0. The van der Waals surface area contributed by atoms with Gasteiger partial charge in [0.2, 0.25) is 0 Å². The number of halogens is 3. The third kappa shape index (κ3) is 4.83. The number of para-hydroxylation sites is 1. The first-order valence-electron chi connectivity index (χ1n) is 7.05. The van der Waals surface area contributed by atoms with E-state index in [1.165, 1.54) is 29.8 Å². The van der Waals surface area contributed by atoms with Gasteiger partial charge in [-0.2, -0.15) is 13.2 Å². The van der Waals surface area contributed by atoms with Gasteiger partial charge in [0.1, 0.15) is 0 Å². The van der Waals surface area contributed by atoms with E-state index in [4.69, 9.17) is 5.21 Å². The predicted molar refractivity (Wildman–Crippen MR) is 87.7 cm³/mol. The van der Waals surface area contributed by atoms with Crippen LogP contribution >= 0.6 is 0 Å². The summed E-state index contributed by atoms with van der Waals surface area (Å²) in [7, 11) is -4.30. The predicted octanol–water partition coefficient (Wildman–Crippen LogP) is 3.02. The van der Waals surface area contributed by atoms with E-state index in [1.54, 1.807) is 6.07 Å². The number of hydrogen-bond donors (Lipinski definition) is 3. The lowest BCUT2D eigenvalue weighted by Crippen LogP contribution is -2.16. The van der Waals surface area contributed by atoms with Crippen LogP contribution < -0.4 is 10.2 Å². The normalized spacial score (nSPS) is 12.2. The molecule has 2 aromatic carbocycles. The molecule has 6 nitrogen and oxygen atoms in total. The number of benzene rings is 2. The van der Waals surface area contributed by atoms with Crippen molar-refractivity contribution >= 4 is 27.7 Å². The number of hydrogen-bond acceptors (Lipinski definition) is 4. The highest BCUT2D eigenvalue weighted by molar-refractivity contribution is 7.92. The van der Waals surface area contributed by atoms with E-state index in [9.17, 15) is 26.4 Å². The lowest BCUT2D eigenvalue weighted by molar-refractivity contribution is -0.137. The van der Waals surface area contributed by atoms with E-state index in [0.717, 1.165) is 24.3 Å². The number of nitrogens with one attached hydrogen (secondary N) is 2. The summed E-state index contributed by atoms with van der Waals surface area (Å²) in [4.78, 5) is 10.5. The molecule has 0 aromatic heterocycles. The molecule has 0 heterocycles. The molecular formula is C16H13F3N2O4S. The topological polar surface area (TPSA) is 95.5 Å². The zero-order valence-corrected chi connectivity index (χ0v) is 13.8. The van der Waals surface area contributed by atoms with E-state index in [2.05, 4.69) is 4.72 Å². The van der Waals surface area contributed by atoms with Crippen molar-refractivity contribution in [1.82, 2.24) is 5.48 Å². The minimum atomic E-state index is -4.68. The van der Waals surface area contributed by atoms with Gasteiger partial charge in [0.05, 0.1) is 16.1 Å². The molecule has 0 bridgehead atoms. The van der Waals surface area contributed by atoms with E-state index in [-0.39, 0.29) is 11.3 Å². The molecule has 0 atom stereocenters. The maximum Gasteiger partial charge on any atom is 0.416 e. The molecule has 0 aliphatic rings. The van der Waals surface area contributed by atoms with Crippen molar-refractivity contribution in [3.8, 4) is 0 Å². The molecule has 0 aliphatic carbocycles. The van der Waals surface area contributed by atoms with E-state index >= 15 is 0 Å². The maximum absolute atomic E-state index is 12.8. The lowest BCUT2D eigenvalue weighted by atomic mass is 10.1. The van der Waals surface area contributed by atoms with Gasteiger partial charge in [0.15, 0.2) is 0 Å². The first-order chi connectivity index (χ1) is 12.1. The molecule has 0 aliphatic heterocycles. The van der Waals surface area contributed by atoms with Gasteiger partial charge < -0.3 is 0 Å². The van der Waals surface area contributed by atoms with Crippen molar-refractivity contribution in [2.45, 2.75) is 11.1 Å². The average Bonchev–Trinajstić information content (AvgIpc) is 2.60. The quantitative estimate of drug-likeness (QED) is 0.418. The SMILES string of the molecule is O=C(C=Cc1ccccc1NS(=O)(=O)c1cccc(C(F)(F)F)c1)NO. The molecule has 26 heavy (non-hydrogen) atoms. The van der Waals surface area contributed by atoms with Gasteiger partial charge in [-0.3, -0.25) is 14.7 Å². The van der Waals surface area contributed by atoms with Gasteiger partial charge in [-0.15, -0.1) is 0 Å². The Morgan fingerprint density at radius 3 is 2.42 bits per heavy atom. The van der Waals surface area contributed by atoms with Crippen LogP contribution in [0.5, 0.6) is 0 Å². The zero-order chi connectivity index (χ0) is 19.4. The summed E-state index contributed by atoms with van der Waals surface area (Å²) in [5.41, 5.74) is 0.607. The first kappa shape index (κ1) is 19.5. The van der Waals surface area contributed by atoms with Crippen LogP contribution in [0.1, 0.15) is 11.1 Å². The number of amides is 1. The van der Waals surface area contributed by atoms with Crippen molar-refractivity contribution in [3.05, 3.63) is 65.7 Å². The van der Waals surface area contributed by atoms with Crippen LogP contribution in [0.15, 0.2) is 59.5 Å². The smallest absolute Gasteiger partial charge is 0.288 e. The van der Waals surface area contributed by atoms with Gasteiger partial charge in [-0.1, -0.05) is 24.3 Å². The number of anilines is 1. The van der Waals surface area contributed by atoms with Crippen molar-refractivity contribution in [3.63, 3.8) is 0 Å². The molecule has 0 unspecified atom stereocenters. The van der Waals surface area contributed by atoms with Crippen LogP contribution in [0.3, 0.4) is 0 Å². The molecule has 10 heteroatoms. The number of alkyl halides is 3. The third-order valence-electron chi connectivity index (χ3n) is 3.20. The molecule has 0 fully saturated rings. The fraction of sp³-hybridized carbons (Fsp3) is 0.0625. The molecule has 2 aromatic rings.